The fourth-order valence-electron chi connectivity index (χ4n) is 2.73. The molecule has 1 fully saturated rings. The average molecular weight is 323 g/mol. The van der Waals surface area contributed by atoms with Crippen molar-refractivity contribution >= 4 is 27.7 Å². The lowest BCUT2D eigenvalue weighted by atomic mass is 10.1. The first-order chi connectivity index (χ1) is 9.11. The molecule has 1 spiro atoms. The third kappa shape index (κ3) is 2.16. The first-order valence-corrected chi connectivity index (χ1v) is 7.24. The molecule has 1 aromatic rings. The Morgan fingerprint density at radius 2 is 1.95 bits per heavy atom. The van der Waals surface area contributed by atoms with Gasteiger partial charge in [-0.25, -0.2) is 0 Å². The maximum atomic E-state index is 11.8. The van der Waals surface area contributed by atoms with Crippen LogP contribution in [0.1, 0.15) is 38.2 Å². The van der Waals surface area contributed by atoms with E-state index in [0.29, 0.717) is 5.90 Å². The molecule has 0 unspecified atom stereocenters. The highest BCUT2D eigenvalue weighted by molar-refractivity contribution is 9.10. The minimum Gasteiger partial charge on any atom is -0.447 e. The van der Waals surface area contributed by atoms with Gasteiger partial charge < -0.3 is 4.74 Å². The molecular weight excluding hydrogens is 308 g/mol. The predicted molar refractivity (Wildman–Crippen MR) is 75.5 cm³/mol. The van der Waals surface area contributed by atoms with Gasteiger partial charge in [0.1, 0.15) is 0 Å². The zero-order valence-corrected chi connectivity index (χ0v) is 12.3. The van der Waals surface area contributed by atoms with Crippen LogP contribution in [0.4, 0.5) is 0 Å². The third-order valence-corrected chi connectivity index (χ3v) is 4.17. The predicted octanol–water partition coefficient (Wildman–Crippen LogP) is 3.26. The maximum absolute atomic E-state index is 11.8. The number of benzene rings is 1. The van der Waals surface area contributed by atoms with Crippen LogP contribution < -0.4 is 0 Å². The minimum atomic E-state index is -0.533. The number of hydrogen-bond acceptors (Lipinski definition) is 3. The Bertz CT molecular complexity index is 533. The molecule has 1 saturated carbocycles. The molecule has 0 N–H and O–H groups in total. The Morgan fingerprint density at radius 1 is 1.32 bits per heavy atom. The van der Waals surface area contributed by atoms with Crippen LogP contribution in [0.3, 0.4) is 0 Å². The van der Waals surface area contributed by atoms with Gasteiger partial charge in [-0.05, 0) is 37.1 Å². The monoisotopic (exact) mass is 322 g/mol. The third-order valence-electron chi connectivity index (χ3n) is 3.64. The van der Waals surface area contributed by atoms with Gasteiger partial charge in [-0.2, -0.15) is 5.01 Å². The van der Waals surface area contributed by atoms with Crippen LogP contribution in [0.5, 0.6) is 0 Å². The number of hydrogen-bond donors (Lipinski definition) is 0. The van der Waals surface area contributed by atoms with E-state index in [2.05, 4.69) is 21.0 Å². The number of rotatable bonds is 1. The van der Waals surface area contributed by atoms with Crippen LogP contribution in [-0.2, 0) is 9.53 Å². The lowest BCUT2D eigenvalue weighted by Gasteiger charge is -2.29. The fourth-order valence-corrected chi connectivity index (χ4v) is 3.00. The Hall–Kier alpha value is -1.36. The van der Waals surface area contributed by atoms with Gasteiger partial charge in [0.25, 0.3) is 0 Å². The van der Waals surface area contributed by atoms with Crippen LogP contribution in [0, 0.1) is 0 Å². The van der Waals surface area contributed by atoms with Crippen molar-refractivity contribution in [1.29, 1.82) is 0 Å². The second kappa shape index (κ2) is 4.63. The van der Waals surface area contributed by atoms with E-state index in [1.54, 1.807) is 0 Å². The number of carbonyl (C=O) groups excluding carboxylic acids is 1. The van der Waals surface area contributed by atoms with Gasteiger partial charge in [0, 0.05) is 29.8 Å². The van der Waals surface area contributed by atoms with Gasteiger partial charge in [-0.15, -0.1) is 5.10 Å². The van der Waals surface area contributed by atoms with Crippen molar-refractivity contribution in [3.05, 3.63) is 34.3 Å². The molecule has 0 saturated heterocycles. The average Bonchev–Trinajstić information content (AvgIpc) is 2.99. The summed E-state index contributed by atoms with van der Waals surface area (Å²) in [6, 6.07) is 7.77. The highest BCUT2D eigenvalue weighted by atomic mass is 79.9. The number of amides is 1. The Kier molecular flexibility index (Phi) is 3.09. The Balaban J connectivity index is 1.94. The SMILES string of the molecule is CC(=O)N1N=C(c2ccc(Br)cc2)OC12CCCC2. The van der Waals surface area contributed by atoms with Crippen molar-refractivity contribution in [1.82, 2.24) is 5.01 Å². The van der Waals surface area contributed by atoms with Crippen molar-refractivity contribution in [3.63, 3.8) is 0 Å². The van der Waals surface area contributed by atoms with E-state index in [0.717, 1.165) is 35.7 Å². The van der Waals surface area contributed by atoms with Crippen LogP contribution in [0.15, 0.2) is 33.8 Å². The van der Waals surface area contributed by atoms with E-state index in [1.165, 1.54) is 11.9 Å². The smallest absolute Gasteiger partial charge is 0.243 e. The van der Waals surface area contributed by atoms with Crippen LogP contribution in [0.25, 0.3) is 0 Å². The molecule has 3 rings (SSSR count). The van der Waals surface area contributed by atoms with Crippen molar-refractivity contribution in [2.75, 3.05) is 0 Å². The second-order valence-corrected chi connectivity index (χ2v) is 5.91. The molecule has 1 aliphatic carbocycles. The van der Waals surface area contributed by atoms with Gasteiger partial charge in [0.15, 0.2) is 0 Å². The molecular formula is C14H15BrN2O2. The fraction of sp³-hybridized carbons (Fsp3) is 0.429. The molecule has 1 heterocycles. The number of nitrogens with zero attached hydrogens (tertiary/aromatic N) is 2. The quantitative estimate of drug-likeness (QED) is 0.796. The molecule has 5 heteroatoms. The highest BCUT2D eigenvalue weighted by Crippen LogP contribution is 2.41. The summed E-state index contributed by atoms with van der Waals surface area (Å²) in [4.78, 5) is 11.8. The number of hydrazone groups is 1. The number of ether oxygens (including phenoxy) is 1. The maximum Gasteiger partial charge on any atom is 0.243 e. The Morgan fingerprint density at radius 3 is 2.53 bits per heavy atom. The van der Waals surface area contributed by atoms with Crippen molar-refractivity contribution < 1.29 is 9.53 Å². The molecule has 19 heavy (non-hydrogen) atoms. The summed E-state index contributed by atoms with van der Waals surface area (Å²) >= 11 is 3.40. The standard InChI is InChI=1S/C14H15BrN2O2/c1-10(18)17-14(8-2-3-9-14)19-13(16-17)11-4-6-12(15)7-5-11/h4-7H,2-3,8-9H2,1H3. The van der Waals surface area contributed by atoms with Gasteiger partial charge >= 0.3 is 0 Å². The minimum absolute atomic E-state index is 0.0611. The molecule has 1 aliphatic heterocycles. The molecule has 2 aliphatic rings. The number of carbonyl (C=O) groups is 1. The summed E-state index contributed by atoms with van der Waals surface area (Å²) in [5.41, 5.74) is 0.368. The zero-order chi connectivity index (χ0) is 13.5. The van der Waals surface area contributed by atoms with Crippen molar-refractivity contribution in [3.8, 4) is 0 Å². The van der Waals surface area contributed by atoms with Gasteiger partial charge in [-0.3, -0.25) is 4.79 Å². The molecule has 0 radical (unpaired) electrons. The summed E-state index contributed by atoms with van der Waals surface area (Å²) < 4.78 is 7.06. The van der Waals surface area contributed by atoms with Crippen LogP contribution in [0.2, 0.25) is 0 Å². The molecule has 0 aromatic heterocycles. The van der Waals surface area contributed by atoms with E-state index in [1.807, 2.05) is 24.3 Å². The lowest BCUT2D eigenvalue weighted by molar-refractivity contribution is -0.146. The van der Waals surface area contributed by atoms with E-state index < -0.39 is 5.72 Å². The van der Waals surface area contributed by atoms with Crippen molar-refractivity contribution in [2.24, 2.45) is 5.10 Å². The summed E-state index contributed by atoms with van der Waals surface area (Å²) in [7, 11) is 0. The Labute approximate surface area is 120 Å². The second-order valence-electron chi connectivity index (χ2n) is 5.00. The number of halogens is 1. The van der Waals surface area contributed by atoms with E-state index >= 15 is 0 Å². The van der Waals surface area contributed by atoms with Gasteiger partial charge in [-0.1, -0.05) is 15.9 Å². The van der Waals surface area contributed by atoms with Crippen molar-refractivity contribution in [2.45, 2.75) is 38.3 Å². The summed E-state index contributed by atoms with van der Waals surface area (Å²) in [5, 5.41) is 5.91. The van der Waals surface area contributed by atoms with Gasteiger partial charge in [0.2, 0.25) is 17.5 Å². The lowest BCUT2D eigenvalue weighted by Crippen LogP contribution is -2.44. The first-order valence-electron chi connectivity index (χ1n) is 6.45. The van der Waals surface area contributed by atoms with E-state index in [-0.39, 0.29) is 5.91 Å². The summed E-state index contributed by atoms with van der Waals surface area (Å²) in [6.07, 6.45) is 3.87. The normalized spacial score (nSPS) is 20.5. The molecule has 0 atom stereocenters. The highest BCUT2D eigenvalue weighted by Gasteiger charge is 2.49. The molecule has 4 nitrogen and oxygen atoms in total. The molecule has 100 valence electrons. The summed E-state index contributed by atoms with van der Waals surface area (Å²) in [5.74, 6) is 0.485. The zero-order valence-electron chi connectivity index (χ0n) is 10.7. The molecule has 1 aromatic carbocycles. The topological polar surface area (TPSA) is 41.9 Å². The molecule has 0 bridgehead atoms. The van der Waals surface area contributed by atoms with E-state index in [4.69, 9.17) is 4.74 Å². The van der Waals surface area contributed by atoms with E-state index in [9.17, 15) is 4.79 Å². The first kappa shape index (κ1) is 12.7. The summed E-state index contributed by atoms with van der Waals surface area (Å²) in [6.45, 7) is 1.54. The largest absolute Gasteiger partial charge is 0.447 e. The molecule has 1 amide bonds. The van der Waals surface area contributed by atoms with Crippen LogP contribution >= 0.6 is 15.9 Å². The van der Waals surface area contributed by atoms with Crippen LogP contribution in [-0.4, -0.2) is 22.5 Å². The van der Waals surface area contributed by atoms with Gasteiger partial charge in [0.05, 0.1) is 0 Å².